The molecule has 1 saturated carbocycles. The van der Waals surface area contributed by atoms with Crippen LogP contribution in [0.4, 0.5) is 0 Å². The molecule has 0 radical (unpaired) electrons. The van der Waals surface area contributed by atoms with Crippen LogP contribution < -0.4 is 0 Å². The van der Waals surface area contributed by atoms with Gasteiger partial charge in [-0.25, -0.2) is 0 Å². The minimum atomic E-state index is 0.282. The van der Waals surface area contributed by atoms with E-state index in [9.17, 15) is 5.11 Å². The molecule has 0 bridgehead atoms. The quantitative estimate of drug-likeness (QED) is 0.737. The van der Waals surface area contributed by atoms with Gasteiger partial charge in [0.2, 0.25) is 0 Å². The Bertz CT molecular complexity index is 295. The number of allylic oxidation sites excluding steroid dienone is 1. The molecular formula is C14H23NO. The number of rotatable bonds is 3. The lowest BCUT2D eigenvalue weighted by molar-refractivity contribution is 0.183. The predicted molar refractivity (Wildman–Crippen MR) is 65.1 cm³/mol. The zero-order valence-corrected chi connectivity index (χ0v) is 10.2. The molecule has 0 aromatic carbocycles. The van der Waals surface area contributed by atoms with Crippen molar-refractivity contribution in [1.82, 2.24) is 4.90 Å². The third-order valence-corrected chi connectivity index (χ3v) is 4.88. The molecule has 2 heteroatoms. The number of aliphatic hydroxyl groups excluding tert-OH is 1. The van der Waals surface area contributed by atoms with Crippen LogP contribution in [0.5, 0.6) is 0 Å². The average molecular weight is 221 g/mol. The van der Waals surface area contributed by atoms with E-state index in [-0.39, 0.29) is 6.61 Å². The molecule has 1 N–H and O–H groups in total. The van der Waals surface area contributed by atoms with Crippen molar-refractivity contribution in [3.8, 4) is 0 Å². The van der Waals surface area contributed by atoms with Crippen molar-refractivity contribution in [3.05, 3.63) is 11.6 Å². The second-order valence-corrected chi connectivity index (χ2v) is 5.75. The molecule has 0 aromatic heterocycles. The molecule has 0 aromatic rings. The number of hydrogen-bond donors (Lipinski definition) is 1. The van der Waals surface area contributed by atoms with Crippen LogP contribution in [-0.4, -0.2) is 35.7 Å². The molecular weight excluding hydrogens is 198 g/mol. The first kappa shape index (κ1) is 10.8. The van der Waals surface area contributed by atoms with Crippen molar-refractivity contribution < 1.29 is 5.11 Å². The van der Waals surface area contributed by atoms with Crippen molar-refractivity contribution in [2.75, 3.05) is 19.7 Å². The Morgan fingerprint density at radius 3 is 2.81 bits per heavy atom. The molecule has 2 aliphatic carbocycles. The van der Waals surface area contributed by atoms with Crippen LogP contribution in [0.3, 0.4) is 0 Å². The van der Waals surface area contributed by atoms with E-state index in [1.54, 1.807) is 0 Å². The van der Waals surface area contributed by atoms with E-state index in [2.05, 4.69) is 17.9 Å². The van der Waals surface area contributed by atoms with Gasteiger partial charge in [-0.2, -0.15) is 0 Å². The van der Waals surface area contributed by atoms with Gasteiger partial charge in [0, 0.05) is 6.04 Å². The third-order valence-electron chi connectivity index (χ3n) is 4.88. The highest BCUT2D eigenvalue weighted by atomic mass is 16.3. The van der Waals surface area contributed by atoms with Crippen molar-refractivity contribution in [1.29, 1.82) is 0 Å². The number of nitrogens with zero attached hydrogens (tertiary/aromatic N) is 1. The molecule has 0 spiro atoms. The fourth-order valence-corrected chi connectivity index (χ4v) is 3.88. The van der Waals surface area contributed by atoms with E-state index >= 15 is 0 Å². The highest BCUT2D eigenvalue weighted by Crippen LogP contribution is 2.49. The zero-order valence-electron chi connectivity index (χ0n) is 10.2. The van der Waals surface area contributed by atoms with Gasteiger partial charge in [0.05, 0.1) is 6.61 Å². The SMILES string of the molecule is CCN1CCC2[C@@H](C3CC3)C=C(CO)C[C@H]21. The first-order chi connectivity index (χ1) is 7.83. The van der Waals surface area contributed by atoms with Gasteiger partial charge in [-0.1, -0.05) is 13.0 Å². The van der Waals surface area contributed by atoms with Crippen LogP contribution in [0.25, 0.3) is 0 Å². The summed E-state index contributed by atoms with van der Waals surface area (Å²) in [7, 11) is 0. The summed E-state index contributed by atoms with van der Waals surface area (Å²) in [6, 6.07) is 0.739. The maximum atomic E-state index is 9.40. The summed E-state index contributed by atoms with van der Waals surface area (Å²) in [5.74, 6) is 2.63. The highest BCUT2D eigenvalue weighted by Gasteiger charge is 2.45. The third kappa shape index (κ3) is 1.72. The minimum Gasteiger partial charge on any atom is -0.392 e. The van der Waals surface area contributed by atoms with Crippen molar-refractivity contribution in [2.24, 2.45) is 17.8 Å². The molecule has 90 valence electrons. The second-order valence-electron chi connectivity index (χ2n) is 5.75. The van der Waals surface area contributed by atoms with Gasteiger partial charge in [0.25, 0.3) is 0 Å². The number of likely N-dealkylation sites (tertiary alicyclic amines) is 1. The van der Waals surface area contributed by atoms with Crippen molar-refractivity contribution in [3.63, 3.8) is 0 Å². The van der Waals surface area contributed by atoms with E-state index in [1.807, 2.05) is 0 Å². The lowest BCUT2D eigenvalue weighted by atomic mass is 9.75. The Morgan fingerprint density at radius 1 is 1.38 bits per heavy atom. The average Bonchev–Trinajstić information content (AvgIpc) is 3.08. The van der Waals surface area contributed by atoms with Crippen LogP contribution in [-0.2, 0) is 0 Å². The zero-order chi connectivity index (χ0) is 11.1. The minimum absolute atomic E-state index is 0.282. The molecule has 1 unspecified atom stereocenters. The lowest BCUT2D eigenvalue weighted by Gasteiger charge is -2.36. The van der Waals surface area contributed by atoms with Crippen LogP contribution in [0.2, 0.25) is 0 Å². The summed E-state index contributed by atoms with van der Waals surface area (Å²) in [6.07, 6.45) is 7.79. The Labute approximate surface area is 98.3 Å². The number of hydrogen-bond acceptors (Lipinski definition) is 2. The normalized spacial score (nSPS) is 39.6. The van der Waals surface area contributed by atoms with Gasteiger partial charge in [-0.15, -0.1) is 0 Å². The van der Waals surface area contributed by atoms with E-state index in [0.29, 0.717) is 0 Å². The van der Waals surface area contributed by atoms with Gasteiger partial charge < -0.3 is 10.0 Å². The lowest BCUT2D eigenvalue weighted by Crippen LogP contribution is -2.38. The van der Waals surface area contributed by atoms with Crippen LogP contribution in [0, 0.1) is 17.8 Å². The fraction of sp³-hybridized carbons (Fsp3) is 0.857. The summed E-state index contributed by atoms with van der Waals surface area (Å²) >= 11 is 0. The van der Waals surface area contributed by atoms with E-state index < -0.39 is 0 Å². The molecule has 1 saturated heterocycles. The Balaban J connectivity index is 1.82. The van der Waals surface area contributed by atoms with E-state index in [4.69, 9.17) is 0 Å². The second kappa shape index (κ2) is 4.15. The van der Waals surface area contributed by atoms with Crippen LogP contribution in [0.15, 0.2) is 11.6 Å². The molecule has 3 atom stereocenters. The Morgan fingerprint density at radius 2 is 2.19 bits per heavy atom. The maximum Gasteiger partial charge on any atom is 0.0642 e. The molecule has 3 rings (SSSR count). The van der Waals surface area contributed by atoms with Crippen molar-refractivity contribution in [2.45, 2.75) is 38.6 Å². The summed E-state index contributed by atoms with van der Waals surface area (Å²) < 4.78 is 0. The number of aliphatic hydroxyl groups is 1. The Kier molecular flexibility index (Phi) is 2.80. The fourth-order valence-electron chi connectivity index (χ4n) is 3.88. The Hall–Kier alpha value is -0.340. The van der Waals surface area contributed by atoms with E-state index in [1.165, 1.54) is 37.9 Å². The largest absolute Gasteiger partial charge is 0.392 e. The van der Waals surface area contributed by atoms with Crippen LogP contribution in [0.1, 0.15) is 32.6 Å². The smallest absolute Gasteiger partial charge is 0.0642 e. The first-order valence-corrected chi connectivity index (χ1v) is 6.88. The summed E-state index contributed by atoms with van der Waals surface area (Å²) in [4.78, 5) is 2.63. The summed E-state index contributed by atoms with van der Waals surface area (Å²) in [5.41, 5.74) is 1.30. The van der Waals surface area contributed by atoms with Gasteiger partial charge in [0.15, 0.2) is 0 Å². The molecule has 16 heavy (non-hydrogen) atoms. The summed E-state index contributed by atoms with van der Waals surface area (Å²) in [6.45, 7) is 5.01. The molecule has 2 fully saturated rings. The van der Waals surface area contributed by atoms with E-state index in [0.717, 1.165) is 30.2 Å². The van der Waals surface area contributed by atoms with Crippen LogP contribution >= 0.6 is 0 Å². The monoisotopic (exact) mass is 221 g/mol. The maximum absolute atomic E-state index is 9.40. The molecule has 2 nitrogen and oxygen atoms in total. The van der Waals surface area contributed by atoms with Gasteiger partial charge in [-0.05, 0) is 62.1 Å². The first-order valence-electron chi connectivity index (χ1n) is 6.88. The van der Waals surface area contributed by atoms with Gasteiger partial charge in [-0.3, -0.25) is 0 Å². The number of fused-ring (bicyclic) bond motifs is 1. The molecule has 3 aliphatic rings. The predicted octanol–water partition coefficient (Wildman–Crippen LogP) is 2.05. The van der Waals surface area contributed by atoms with Gasteiger partial charge >= 0.3 is 0 Å². The topological polar surface area (TPSA) is 23.5 Å². The van der Waals surface area contributed by atoms with Crippen molar-refractivity contribution >= 4 is 0 Å². The summed E-state index contributed by atoms with van der Waals surface area (Å²) in [5, 5.41) is 9.40. The molecule has 1 aliphatic heterocycles. The van der Waals surface area contributed by atoms with Gasteiger partial charge in [0.1, 0.15) is 0 Å². The standard InChI is InChI=1S/C14H23NO/c1-2-15-6-5-12-13(11-3-4-11)7-10(9-16)8-14(12)15/h7,11-14,16H,2-6,8-9H2,1H3/t12?,13-,14-/m1/s1. The molecule has 1 heterocycles. The molecule has 0 amide bonds. The highest BCUT2D eigenvalue weighted by molar-refractivity contribution is 5.18.